The lowest BCUT2D eigenvalue weighted by molar-refractivity contribution is -0.128. The number of aromatic amines is 1. The summed E-state index contributed by atoms with van der Waals surface area (Å²) < 4.78 is 0. The summed E-state index contributed by atoms with van der Waals surface area (Å²) in [5, 5.41) is 2.88. The summed E-state index contributed by atoms with van der Waals surface area (Å²) in [5.74, 6) is 0.670. The van der Waals surface area contributed by atoms with Gasteiger partial charge in [0.1, 0.15) is 11.3 Å². The molecule has 134 valence electrons. The molecule has 3 heterocycles. The van der Waals surface area contributed by atoms with Crippen LogP contribution in [0, 0.1) is 0 Å². The number of carbonyl (C=O) groups is 2. The Kier molecular flexibility index (Phi) is 4.87. The Morgan fingerprint density at radius 1 is 1.24 bits per heavy atom. The molecule has 2 amide bonds. The van der Waals surface area contributed by atoms with Crippen molar-refractivity contribution in [3.05, 3.63) is 18.0 Å². The first-order valence-electron chi connectivity index (χ1n) is 8.61. The Bertz CT molecular complexity index is 785. The van der Waals surface area contributed by atoms with E-state index in [0.29, 0.717) is 29.8 Å². The molecule has 2 aromatic rings. The Morgan fingerprint density at radius 3 is 2.76 bits per heavy atom. The van der Waals surface area contributed by atoms with Gasteiger partial charge in [-0.3, -0.25) is 9.59 Å². The zero-order valence-corrected chi connectivity index (χ0v) is 14.9. The van der Waals surface area contributed by atoms with E-state index in [1.807, 2.05) is 18.7 Å². The monoisotopic (exact) mass is 344 g/mol. The third-order valence-electron chi connectivity index (χ3n) is 4.30. The van der Waals surface area contributed by atoms with E-state index in [4.69, 9.17) is 0 Å². The van der Waals surface area contributed by atoms with E-state index in [1.54, 1.807) is 19.3 Å². The molecule has 2 N–H and O–H groups in total. The summed E-state index contributed by atoms with van der Waals surface area (Å²) in [5.41, 5.74) is 1.67. The summed E-state index contributed by atoms with van der Waals surface area (Å²) in [4.78, 5) is 39.9. The lowest BCUT2D eigenvalue weighted by Gasteiger charge is -2.22. The van der Waals surface area contributed by atoms with Gasteiger partial charge in [0.05, 0.1) is 11.8 Å². The lowest BCUT2D eigenvalue weighted by atomic mass is 10.2. The second kappa shape index (κ2) is 7.08. The van der Waals surface area contributed by atoms with Crippen LogP contribution >= 0.6 is 0 Å². The fourth-order valence-electron chi connectivity index (χ4n) is 3.01. The number of anilines is 1. The van der Waals surface area contributed by atoms with Crippen molar-refractivity contribution in [2.24, 2.45) is 0 Å². The number of carbonyl (C=O) groups excluding carboxylic acids is 2. The van der Waals surface area contributed by atoms with Crippen molar-refractivity contribution >= 4 is 28.8 Å². The summed E-state index contributed by atoms with van der Waals surface area (Å²) in [6.45, 7) is 8.38. The largest absolute Gasteiger partial charge is 0.353 e. The number of nitrogens with one attached hydrogen (secondary N) is 2. The first-order valence-corrected chi connectivity index (χ1v) is 8.61. The smallest absolute Gasteiger partial charge is 0.255 e. The fraction of sp³-hybridized carbons (Fsp3) is 0.529. The number of hydrogen-bond acceptors (Lipinski definition) is 5. The second-order valence-corrected chi connectivity index (χ2v) is 6.60. The van der Waals surface area contributed by atoms with E-state index in [-0.39, 0.29) is 17.9 Å². The van der Waals surface area contributed by atoms with E-state index < -0.39 is 0 Å². The molecule has 2 aromatic heterocycles. The molecule has 1 aliphatic heterocycles. The van der Waals surface area contributed by atoms with E-state index >= 15 is 0 Å². The highest BCUT2D eigenvalue weighted by Gasteiger charge is 2.20. The molecule has 1 fully saturated rings. The summed E-state index contributed by atoms with van der Waals surface area (Å²) >= 11 is 0. The van der Waals surface area contributed by atoms with Gasteiger partial charge in [-0.25, -0.2) is 9.97 Å². The maximum Gasteiger partial charge on any atom is 0.255 e. The molecule has 0 aromatic carbocycles. The number of rotatable bonds is 3. The van der Waals surface area contributed by atoms with Gasteiger partial charge >= 0.3 is 0 Å². The highest BCUT2D eigenvalue weighted by Crippen LogP contribution is 2.20. The Morgan fingerprint density at radius 2 is 2.04 bits per heavy atom. The topological polar surface area (TPSA) is 94.2 Å². The van der Waals surface area contributed by atoms with Crippen LogP contribution < -0.4 is 10.2 Å². The Balaban J connectivity index is 1.85. The minimum atomic E-state index is -0.161. The molecule has 0 saturated carbocycles. The SMILES string of the molecule is CC(=O)N1CCCN(c2cnc3[nH]cc(C(=O)NC(C)C)c3n2)CC1. The van der Waals surface area contributed by atoms with Gasteiger partial charge in [0.2, 0.25) is 5.91 Å². The molecule has 8 heteroatoms. The van der Waals surface area contributed by atoms with Crippen molar-refractivity contribution in [2.45, 2.75) is 33.2 Å². The normalized spacial score (nSPS) is 15.5. The average molecular weight is 344 g/mol. The molecule has 0 aliphatic carbocycles. The van der Waals surface area contributed by atoms with Gasteiger partial charge in [-0.05, 0) is 20.3 Å². The molecule has 0 atom stereocenters. The lowest BCUT2D eigenvalue weighted by Crippen LogP contribution is -2.34. The van der Waals surface area contributed by atoms with Crippen molar-refractivity contribution in [3.8, 4) is 0 Å². The summed E-state index contributed by atoms with van der Waals surface area (Å²) in [6, 6.07) is 0.0526. The molecule has 0 unspecified atom stereocenters. The molecular formula is C17H24N6O2. The molecule has 0 radical (unpaired) electrons. The van der Waals surface area contributed by atoms with Crippen LogP contribution in [0.4, 0.5) is 5.82 Å². The first-order chi connectivity index (χ1) is 12.0. The van der Waals surface area contributed by atoms with Gasteiger partial charge < -0.3 is 20.1 Å². The van der Waals surface area contributed by atoms with Crippen LogP contribution in [0.25, 0.3) is 11.2 Å². The van der Waals surface area contributed by atoms with Gasteiger partial charge in [-0.2, -0.15) is 0 Å². The number of fused-ring (bicyclic) bond motifs is 1. The van der Waals surface area contributed by atoms with Crippen molar-refractivity contribution in [2.75, 3.05) is 31.1 Å². The third-order valence-corrected chi connectivity index (χ3v) is 4.30. The number of H-pyrrole nitrogens is 1. The van der Waals surface area contributed by atoms with E-state index in [0.717, 1.165) is 25.3 Å². The standard InChI is InChI=1S/C17H24N6O2/c1-11(2)20-17(25)13-9-18-16-15(13)21-14(10-19-16)23-6-4-5-22(7-8-23)12(3)24/h9-11H,4-8H2,1-3H3,(H,18,19)(H,20,25). The van der Waals surface area contributed by atoms with Gasteiger partial charge in [0.25, 0.3) is 5.91 Å². The zero-order chi connectivity index (χ0) is 18.0. The highest BCUT2D eigenvalue weighted by atomic mass is 16.2. The van der Waals surface area contributed by atoms with Gasteiger partial charge in [-0.15, -0.1) is 0 Å². The minimum absolute atomic E-state index is 0.0526. The van der Waals surface area contributed by atoms with Gasteiger partial charge in [0.15, 0.2) is 5.65 Å². The molecular weight excluding hydrogens is 320 g/mol. The van der Waals surface area contributed by atoms with Crippen LogP contribution in [0.3, 0.4) is 0 Å². The van der Waals surface area contributed by atoms with E-state index in [9.17, 15) is 9.59 Å². The quantitative estimate of drug-likeness (QED) is 0.871. The van der Waals surface area contributed by atoms with Gasteiger partial charge in [-0.1, -0.05) is 0 Å². The van der Waals surface area contributed by atoms with Crippen LogP contribution in [0.5, 0.6) is 0 Å². The maximum atomic E-state index is 12.3. The Labute approximate surface area is 146 Å². The molecule has 1 aliphatic rings. The summed E-state index contributed by atoms with van der Waals surface area (Å²) in [6.07, 6.45) is 4.24. The predicted octanol–water partition coefficient (Wildman–Crippen LogP) is 1.15. The van der Waals surface area contributed by atoms with Crippen LogP contribution in [0.1, 0.15) is 37.6 Å². The predicted molar refractivity (Wildman–Crippen MR) is 95.6 cm³/mol. The van der Waals surface area contributed by atoms with Crippen LogP contribution in [-0.4, -0.2) is 63.9 Å². The summed E-state index contributed by atoms with van der Waals surface area (Å²) in [7, 11) is 0. The van der Waals surface area contributed by atoms with E-state index in [1.165, 1.54) is 0 Å². The van der Waals surface area contributed by atoms with Crippen molar-refractivity contribution < 1.29 is 9.59 Å². The average Bonchev–Trinajstić information content (AvgIpc) is 2.81. The minimum Gasteiger partial charge on any atom is -0.353 e. The van der Waals surface area contributed by atoms with Crippen molar-refractivity contribution in [3.63, 3.8) is 0 Å². The van der Waals surface area contributed by atoms with Gasteiger partial charge in [0, 0.05) is 45.3 Å². The Hall–Kier alpha value is -2.64. The maximum absolute atomic E-state index is 12.3. The third kappa shape index (κ3) is 3.72. The molecule has 8 nitrogen and oxygen atoms in total. The molecule has 25 heavy (non-hydrogen) atoms. The van der Waals surface area contributed by atoms with Crippen LogP contribution in [0.15, 0.2) is 12.4 Å². The van der Waals surface area contributed by atoms with Crippen molar-refractivity contribution in [1.29, 1.82) is 0 Å². The molecule has 0 spiro atoms. The van der Waals surface area contributed by atoms with Crippen molar-refractivity contribution in [1.82, 2.24) is 25.2 Å². The number of amides is 2. The number of aromatic nitrogens is 3. The highest BCUT2D eigenvalue weighted by molar-refractivity contribution is 6.04. The molecule has 0 bridgehead atoms. The fourth-order valence-corrected chi connectivity index (χ4v) is 3.01. The first kappa shape index (κ1) is 17.2. The van der Waals surface area contributed by atoms with Crippen LogP contribution in [-0.2, 0) is 4.79 Å². The van der Waals surface area contributed by atoms with Crippen LogP contribution in [0.2, 0.25) is 0 Å². The van der Waals surface area contributed by atoms with E-state index in [2.05, 4.69) is 25.2 Å². The molecule has 1 saturated heterocycles. The second-order valence-electron chi connectivity index (χ2n) is 6.60. The number of hydrogen-bond donors (Lipinski definition) is 2. The molecule has 3 rings (SSSR count). The number of nitrogens with zero attached hydrogens (tertiary/aromatic N) is 4. The zero-order valence-electron chi connectivity index (χ0n) is 14.9.